The lowest BCUT2D eigenvalue weighted by atomic mass is 10.3. The third kappa shape index (κ3) is 3.14. The van der Waals surface area contributed by atoms with Gasteiger partial charge >= 0.3 is 0 Å². The van der Waals surface area contributed by atoms with Gasteiger partial charge in [0, 0.05) is 6.20 Å². The van der Waals surface area contributed by atoms with Crippen molar-refractivity contribution in [1.29, 1.82) is 0 Å². The van der Waals surface area contributed by atoms with Crippen molar-refractivity contribution in [2.45, 2.75) is 6.42 Å². The molecular formula is C15H12FN5O. The van der Waals surface area contributed by atoms with Crippen LogP contribution in [0.1, 0.15) is 5.82 Å². The number of aromatic nitrogens is 4. The molecule has 0 spiro atoms. The molecule has 0 saturated carbocycles. The molecule has 0 unspecified atom stereocenters. The summed E-state index contributed by atoms with van der Waals surface area (Å²) in [5, 5.41) is 9.18. The number of aromatic amines is 1. The van der Waals surface area contributed by atoms with Gasteiger partial charge in [-0.25, -0.2) is 9.37 Å². The molecule has 2 N–H and O–H groups in total. The zero-order valence-corrected chi connectivity index (χ0v) is 11.5. The summed E-state index contributed by atoms with van der Waals surface area (Å²) in [5.41, 5.74) is 0.747. The smallest absolute Gasteiger partial charge is 0.232 e. The van der Waals surface area contributed by atoms with E-state index < -0.39 is 5.82 Å². The Kier molecular flexibility index (Phi) is 3.86. The van der Waals surface area contributed by atoms with E-state index in [-0.39, 0.29) is 18.0 Å². The maximum Gasteiger partial charge on any atom is 0.232 e. The summed E-state index contributed by atoms with van der Waals surface area (Å²) in [5.74, 6) is -0.0693. The minimum Gasteiger partial charge on any atom is -0.323 e. The first-order valence-corrected chi connectivity index (χ1v) is 6.59. The van der Waals surface area contributed by atoms with Gasteiger partial charge in [0.15, 0.2) is 5.82 Å². The van der Waals surface area contributed by atoms with Gasteiger partial charge in [0.25, 0.3) is 0 Å². The number of carbonyl (C=O) groups excluding carboxylic acids is 1. The van der Waals surface area contributed by atoms with E-state index in [1.165, 1.54) is 12.1 Å². The Morgan fingerprint density at radius 1 is 1.18 bits per heavy atom. The monoisotopic (exact) mass is 297 g/mol. The number of benzene rings is 1. The number of nitrogens with zero attached hydrogens (tertiary/aromatic N) is 3. The number of para-hydroxylation sites is 1. The molecule has 7 heteroatoms. The molecule has 0 saturated heterocycles. The number of rotatable bonds is 4. The second-order valence-electron chi connectivity index (χ2n) is 4.53. The van der Waals surface area contributed by atoms with Gasteiger partial charge in [-0.1, -0.05) is 18.2 Å². The summed E-state index contributed by atoms with van der Waals surface area (Å²) >= 11 is 0. The van der Waals surface area contributed by atoms with Gasteiger partial charge in [0.1, 0.15) is 17.3 Å². The maximum absolute atomic E-state index is 13.5. The zero-order valence-electron chi connectivity index (χ0n) is 11.5. The molecule has 0 aliphatic carbocycles. The van der Waals surface area contributed by atoms with Crippen LogP contribution in [-0.4, -0.2) is 26.1 Å². The van der Waals surface area contributed by atoms with Crippen molar-refractivity contribution >= 4 is 11.6 Å². The predicted molar refractivity (Wildman–Crippen MR) is 78.3 cm³/mol. The first-order valence-electron chi connectivity index (χ1n) is 6.59. The Morgan fingerprint density at radius 3 is 2.77 bits per heavy atom. The van der Waals surface area contributed by atoms with Crippen LogP contribution in [0.25, 0.3) is 11.5 Å². The van der Waals surface area contributed by atoms with Crippen molar-refractivity contribution < 1.29 is 9.18 Å². The number of hydrogen-bond acceptors (Lipinski definition) is 4. The third-order valence-corrected chi connectivity index (χ3v) is 2.90. The average Bonchev–Trinajstić information content (AvgIpc) is 2.99. The van der Waals surface area contributed by atoms with E-state index in [2.05, 4.69) is 25.5 Å². The summed E-state index contributed by atoms with van der Waals surface area (Å²) in [4.78, 5) is 20.2. The summed E-state index contributed by atoms with van der Waals surface area (Å²) in [6, 6.07) is 11.4. The Balaban J connectivity index is 1.68. The largest absolute Gasteiger partial charge is 0.323 e. The molecule has 1 aromatic carbocycles. The van der Waals surface area contributed by atoms with Gasteiger partial charge in [0.2, 0.25) is 5.91 Å². The van der Waals surface area contributed by atoms with Crippen LogP contribution in [0.15, 0.2) is 48.7 Å². The van der Waals surface area contributed by atoms with Gasteiger partial charge < -0.3 is 5.32 Å². The highest BCUT2D eigenvalue weighted by Crippen LogP contribution is 2.13. The van der Waals surface area contributed by atoms with Crippen LogP contribution in [-0.2, 0) is 11.2 Å². The lowest BCUT2D eigenvalue weighted by molar-refractivity contribution is -0.115. The Hall–Kier alpha value is -3.09. The van der Waals surface area contributed by atoms with E-state index in [9.17, 15) is 9.18 Å². The average molecular weight is 297 g/mol. The van der Waals surface area contributed by atoms with Crippen molar-refractivity contribution in [2.75, 3.05) is 5.32 Å². The van der Waals surface area contributed by atoms with Gasteiger partial charge in [-0.2, -0.15) is 5.10 Å². The fourth-order valence-electron chi connectivity index (χ4n) is 1.89. The molecule has 3 aromatic rings. The van der Waals surface area contributed by atoms with E-state index in [1.54, 1.807) is 30.5 Å². The van der Waals surface area contributed by atoms with Crippen molar-refractivity contribution in [1.82, 2.24) is 20.2 Å². The topological polar surface area (TPSA) is 83.6 Å². The molecule has 110 valence electrons. The highest BCUT2D eigenvalue weighted by Gasteiger charge is 2.12. The highest BCUT2D eigenvalue weighted by molar-refractivity contribution is 5.91. The predicted octanol–water partition coefficient (Wildman–Crippen LogP) is 2.19. The standard InChI is InChI=1S/C15H12FN5O/c16-10-5-1-2-6-11(10)18-14(22)9-13-19-15(21-20-13)12-7-3-4-8-17-12/h1-8H,9H2,(H,18,22)(H,19,20,21). The van der Waals surface area contributed by atoms with Crippen LogP contribution < -0.4 is 5.32 Å². The third-order valence-electron chi connectivity index (χ3n) is 2.90. The first kappa shape index (κ1) is 13.9. The number of nitrogens with one attached hydrogen (secondary N) is 2. The quantitative estimate of drug-likeness (QED) is 0.773. The van der Waals surface area contributed by atoms with Crippen LogP contribution in [0.2, 0.25) is 0 Å². The molecule has 1 amide bonds. The minimum absolute atomic E-state index is 0.0336. The number of carbonyl (C=O) groups is 1. The highest BCUT2D eigenvalue weighted by atomic mass is 19.1. The van der Waals surface area contributed by atoms with Crippen molar-refractivity contribution in [3.63, 3.8) is 0 Å². The fraction of sp³-hybridized carbons (Fsp3) is 0.0667. The molecule has 2 aromatic heterocycles. The lowest BCUT2D eigenvalue weighted by Gasteiger charge is -2.04. The molecule has 0 radical (unpaired) electrons. The first-order chi connectivity index (χ1) is 10.7. The maximum atomic E-state index is 13.5. The van der Waals surface area contributed by atoms with Crippen LogP contribution >= 0.6 is 0 Å². The van der Waals surface area contributed by atoms with Gasteiger partial charge in [-0.15, -0.1) is 0 Å². The number of anilines is 1. The summed E-state index contributed by atoms with van der Waals surface area (Å²) in [6.07, 6.45) is 1.60. The van der Waals surface area contributed by atoms with Gasteiger partial charge in [-0.05, 0) is 24.3 Å². The van der Waals surface area contributed by atoms with E-state index in [1.807, 2.05) is 6.07 Å². The van der Waals surface area contributed by atoms with Crippen molar-refractivity contribution in [2.24, 2.45) is 0 Å². The van der Waals surface area contributed by atoms with Crippen molar-refractivity contribution in [3.05, 3.63) is 60.3 Å². The second kappa shape index (κ2) is 6.13. The minimum atomic E-state index is -0.484. The van der Waals surface area contributed by atoms with Crippen LogP contribution in [0.3, 0.4) is 0 Å². The molecule has 0 aliphatic rings. The number of hydrogen-bond donors (Lipinski definition) is 2. The second-order valence-corrected chi connectivity index (χ2v) is 4.53. The molecule has 2 heterocycles. The van der Waals surface area contributed by atoms with Crippen LogP contribution in [0.5, 0.6) is 0 Å². The molecule has 0 bridgehead atoms. The lowest BCUT2D eigenvalue weighted by Crippen LogP contribution is -2.16. The molecular weight excluding hydrogens is 285 g/mol. The number of halogens is 1. The number of amides is 1. The molecule has 0 atom stereocenters. The number of pyridine rings is 1. The molecule has 22 heavy (non-hydrogen) atoms. The molecule has 6 nitrogen and oxygen atoms in total. The van der Waals surface area contributed by atoms with Crippen molar-refractivity contribution in [3.8, 4) is 11.5 Å². The summed E-state index contributed by atoms with van der Waals surface area (Å²) in [6.45, 7) is 0. The Labute approximate surface area is 125 Å². The number of H-pyrrole nitrogens is 1. The fourth-order valence-corrected chi connectivity index (χ4v) is 1.89. The van der Waals surface area contributed by atoms with Crippen LogP contribution in [0.4, 0.5) is 10.1 Å². The molecule has 3 rings (SSSR count). The van der Waals surface area contributed by atoms with E-state index in [0.29, 0.717) is 17.3 Å². The van der Waals surface area contributed by atoms with Gasteiger partial charge in [-0.3, -0.25) is 14.9 Å². The van der Waals surface area contributed by atoms with E-state index in [4.69, 9.17) is 0 Å². The summed E-state index contributed by atoms with van der Waals surface area (Å²) in [7, 11) is 0. The zero-order chi connectivity index (χ0) is 15.4. The van der Waals surface area contributed by atoms with Gasteiger partial charge in [0.05, 0.1) is 12.1 Å². The summed E-state index contributed by atoms with van der Waals surface area (Å²) < 4.78 is 13.5. The normalized spacial score (nSPS) is 10.4. The SMILES string of the molecule is O=C(Cc1nc(-c2ccccn2)n[nH]1)Nc1ccccc1F. The van der Waals surface area contributed by atoms with E-state index in [0.717, 1.165) is 0 Å². The Bertz CT molecular complexity index is 787. The Morgan fingerprint density at radius 2 is 2.00 bits per heavy atom. The molecule has 0 aliphatic heterocycles. The van der Waals surface area contributed by atoms with Crippen LogP contribution in [0, 0.1) is 5.82 Å². The molecule has 0 fully saturated rings. The van der Waals surface area contributed by atoms with E-state index >= 15 is 0 Å².